The summed E-state index contributed by atoms with van der Waals surface area (Å²) in [4.78, 5) is 6.59. The van der Waals surface area contributed by atoms with Crippen molar-refractivity contribution in [1.29, 1.82) is 0 Å². The second kappa shape index (κ2) is 10.6. The van der Waals surface area contributed by atoms with Gasteiger partial charge in [-0.3, -0.25) is 0 Å². The lowest BCUT2D eigenvalue weighted by molar-refractivity contribution is 0.0753. The average molecular weight is 392 g/mol. The molecular weight excluding hydrogens is 362 g/mol. The minimum Gasteiger partial charge on any atom is -0.497 e. The van der Waals surface area contributed by atoms with Gasteiger partial charge in [-0.1, -0.05) is 6.07 Å². The maximum absolute atomic E-state index is 10.3. The maximum atomic E-state index is 10.3. The molecule has 0 spiro atoms. The van der Waals surface area contributed by atoms with Crippen molar-refractivity contribution >= 4 is 11.3 Å². The van der Waals surface area contributed by atoms with Crippen molar-refractivity contribution in [2.75, 3.05) is 39.9 Å². The van der Waals surface area contributed by atoms with E-state index in [9.17, 15) is 5.11 Å². The number of ether oxygens (including phenoxy) is 2. The highest BCUT2D eigenvalue weighted by molar-refractivity contribution is 7.07. The number of rotatable bonds is 11. The Balaban J connectivity index is 1.50. The Morgan fingerprint density at radius 3 is 2.93 bits per heavy atom. The van der Waals surface area contributed by atoms with Crippen molar-refractivity contribution in [3.8, 4) is 11.5 Å². The van der Waals surface area contributed by atoms with Crippen LogP contribution in [0.5, 0.6) is 11.5 Å². The van der Waals surface area contributed by atoms with Gasteiger partial charge in [0.25, 0.3) is 0 Å². The summed E-state index contributed by atoms with van der Waals surface area (Å²) < 4.78 is 11.3. The topological polar surface area (TPSA) is 66.8 Å². The van der Waals surface area contributed by atoms with Crippen LogP contribution in [0.15, 0.2) is 29.1 Å². The van der Waals surface area contributed by atoms with Crippen molar-refractivity contribution in [1.82, 2.24) is 15.2 Å². The smallest absolute Gasteiger partial charge is 0.127 e. The largest absolute Gasteiger partial charge is 0.497 e. The summed E-state index contributed by atoms with van der Waals surface area (Å²) in [5, 5.41) is 15.8. The normalized spacial score (nSPS) is 15.8. The Morgan fingerprint density at radius 2 is 2.19 bits per heavy atom. The molecule has 0 aliphatic carbocycles. The van der Waals surface area contributed by atoms with Gasteiger partial charge in [0.05, 0.1) is 18.3 Å². The van der Waals surface area contributed by atoms with Gasteiger partial charge in [-0.2, -0.15) is 0 Å². The van der Waals surface area contributed by atoms with Gasteiger partial charge in [0.1, 0.15) is 24.2 Å². The van der Waals surface area contributed by atoms with Gasteiger partial charge in [-0.05, 0) is 32.0 Å². The Labute approximate surface area is 165 Å². The van der Waals surface area contributed by atoms with E-state index in [0.717, 1.165) is 48.8 Å². The molecule has 0 saturated carbocycles. The molecule has 27 heavy (non-hydrogen) atoms. The summed E-state index contributed by atoms with van der Waals surface area (Å²) in [6, 6.07) is 5.84. The molecular formula is C20H29N3O3S. The van der Waals surface area contributed by atoms with Crippen LogP contribution in [0.2, 0.25) is 0 Å². The van der Waals surface area contributed by atoms with Gasteiger partial charge >= 0.3 is 0 Å². The van der Waals surface area contributed by atoms with E-state index in [4.69, 9.17) is 9.47 Å². The number of methoxy groups -OCH3 is 1. The van der Waals surface area contributed by atoms with Crippen LogP contribution in [-0.2, 0) is 13.0 Å². The number of nitrogens with zero attached hydrogens (tertiary/aromatic N) is 2. The SMILES string of the molecule is COc1ccc(CNCCc2cscn2)c(OCC(O)CN2CCCC2)c1. The summed E-state index contributed by atoms with van der Waals surface area (Å²) in [5.74, 6) is 1.52. The standard InChI is InChI=1S/C20H29N3O3S/c1-25-19-5-4-16(11-21-7-6-17-14-27-15-22-17)20(10-19)26-13-18(24)12-23-8-2-3-9-23/h4-5,10,14-15,18,21,24H,2-3,6-9,11-13H2,1H3. The molecule has 1 saturated heterocycles. The fraction of sp³-hybridized carbons (Fsp3) is 0.550. The molecule has 1 aromatic carbocycles. The van der Waals surface area contributed by atoms with E-state index in [-0.39, 0.29) is 6.61 Å². The van der Waals surface area contributed by atoms with Crippen LogP contribution in [0.3, 0.4) is 0 Å². The molecule has 0 amide bonds. The highest BCUT2D eigenvalue weighted by Gasteiger charge is 2.17. The number of likely N-dealkylation sites (tertiary alicyclic amines) is 1. The summed E-state index contributed by atoms with van der Waals surface area (Å²) in [6.07, 6.45) is 2.87. The Hall–Kier alpha value is -1.67. The molecule has 1 atom stereocenters. The van der Waals surface area contributed by atoms with Gasteiger partial charge < -0.3 is 24.8 Å². The van der Waals surface area contributed by atoms with Crippen molar-refractivity contribution in [2.45, 2.75) is 31.9 Å². The fourth-order valence-corrected chi connectivity index (χ4v) is 3.84. The van der Waals surface area contributed by atoms with Crippen molar-refractivity contribution in [3.63, 3.8) is 0 Å². The first-order valence-corrected chi connectivity index (χ1v) is 10.5. The molecule has 1 aliphatic rings. The molecule has 7 heteroatoms. The molecule has 1 unspecified atom stereocenters. The zero-order chi connectivity index (χ0) is 18.9. The number of benzene rings is 1. The van der Waals surface area contributed by atoms with Crippen molar-refractivity contribution in [3.05, 3.63) is 40.3 Å². The van der Waals surface area contributed by atoms with Crippen LogP contribution in [0.25, 0.3) is 0 Å². The Morgan fingerprint density at radius 1 is 1.33 bits per heavy atom. The predicted octanol–water partition coefficient (Wildman–Crippen LogP) is 2.32. The summed E-state index contributed by atoms with van der Waals surface area (Å²) in [5.41, 5.74) is 4.03. The lowest BCUT2D eigenvalue weighted by atomic mass is 10.2. The molecule has 148 valence electrons. The number of nitrogens with one attached hydrogen (secondary N) is 1. The zero-order valence-electron chi connectivity index (χ0n) is 15.9. The van der Waals surface area contributed by atoms with Crippen LogP contribution in [0.4, 0.5) is 0 Å². The number of thiazole rings is 1. The fourth-order valence-electron chi connectivity index (χ4n) is 3.24. The zero-order valence-corrected chi connectivity index (χ0v) is 16.7. The third kappa shape index (κ3) is 6.46. The molecule has 3 rings (SSSR count). The third-order valence-corrected chi connectivity index (χ3v) is 5.37. The third-order valence-electron chi connectivity index (χ3n) is 4.73. The number of hydrogen-bond acceptors (Lipinski definition) is 7. The summed E-state index contributed by atoms with van der Waals surface area (Å²) in [6.45, 7) is 4.66. The monoisotopic (exact) mass is 391 g/mol. The van der Waals surface area contributed by atoms with Gasteiger partial charge in [0.2, 0.25) is 0 Å². The molecule has 2 N–H and O–H groups in total. The molecule has 0 radical (unpaired) electrons. The highest BCUT2D eigenvalue weighted by atomic mass is 32.1. The minimum absolute atomic E-state index is 0.287. The van der Waals surface area contributed by atoms with Gasteiger partial charge in [-0.25, -0.2) is 4.98 Å². The van der Waals surface area contributed by atoms with E-state index in [1.165, 1.54) is 12.8 Å². The lowest BCUT2D eigenvalue weighted by Crippen LogP contribution is -2.33. The highest BCUT2D eigenvalue weighted by Crippen LogP contribution is 2.25. The second-order valence-corrected chi connectivity index (χ2v) is 7.57. The first-order valence-electron chi connectivity index (χ1n) is 9.52. The van der Waals surface area contributed by atoms with E-state index in [1.807, 2.05) is 23.7 Å². The van der Waals surface area contributed by atoms with Gasteiger partial charge in [0, 0.05) is 43.1 Å². The Bertz CT molecular complexity index is 675. The number of hydrogen-bond donors (Lipinski definition) is 2. The molecule has 1 aromatic heterocycles. The molecule has 1 aliphatic heterocycles. The minimum atomic E-state index is -0.486. The van der Waals surface area contributed by atoms with E-state index in [2.05, 4.69) is 20.6 Å². The van der Waals surface area contributed by atoms with Crippen LogP contribution < -0.4 is 14.8 Å². The number of β-amino-alcohol motifs (C(OH)–C–C–N with tert-alkyl or cyclic N) is 1. The molecule has 1 fully saturated rings. The Kier molecular flexibility index (Phi) is 7.89. The van der Waals surface area contributed by atoms with Crippen LogP contribution in [-0.4, -0.2) is 61.0 Å². The number of aliphatic hydroxyl groups is 1. The van der Waals surface area contributed by atoms with E-state index in [1.54, 1.807) is 18.4 Å². The average Bonchev–Trinajstić information content (AvgIpc) is 3.38. The molecule has 2 aromatic rings. The number of aliphatic hydroxyl groups excluding tert-OH is 1. The first-order chi connectivity index (χ1) is 13.2. The van der Waals surface area contributed by atoms with Crippen LogP contribution >= 0.6 is 11.3 Å². The molecule has 2 heterocycles. The maximum Gasteiger partial charge on any atom is 0.127 e. The van der Waals surface area contributed by atoms with Crippen LogP contribution in [0, 0.1) is 0 Å². The lowest BCUT2D eigenvalue weighted by Gasteiger charge is -2.20. The van der Waals surface area contributed by atoms with Gasteiger partial charge in [0.15, 0.2) is 0 Å². The van der Waals surface area contributed by atoms with Crippen molar-refractivity contribution < 1.29 is 14.6 Å². The van der Waals surface area contributed by atoms with Crippen LogP contribution in [0.1, 0.15) is 24.1 Å². The molecule has 0 bridgehead atoms. The second-order valence-electron chi connectivity index (χ2n) is 6.85. The van der Waals surface area contributed by atoms with E-state index in [0.29, 0.717) is 13.1 Å². The van der Waals surface area contributed by atoms with Gasteiger partial charge in [-0.15, -0.1) is 11.3 Å². The number of aromatic nitrogens is 1. The van der Waals surface area contributed by atoms with Crippen molar-refractivity contribution in [2.24, 2.45) is 0 Å². The predicted molar refractivity (Wildman–Crippen MR) is 108 cm³/mol. The quantitative estimate of drug-likeness (QED) is 0.573. The first kappa shape index (κ1) is 20.1. The summed E-state index contributed by atoms with van der Waals surface area (Å²) >= 11 is 1.62. The summed E-state index contributed by atoms with van der Waals surface area (Å²) in [7, 11) is 1.65. The van der Waals surface area contributed by atoms with E-state index < -0.39 is 6.10 Å². The molecule has 6 nitrogen and oxygen atoms in total. The van der Waals surface area contributed by atoms with E-state index >= 15 is 0 Å².